The standard InChI is InChI=1S/C16H13N3OS/c17-12-5-3-4-11(8-12)14-10-21-16(19-14)9-15(20)13-6-1-2-7-18-13/h1-8,10H,9,17H2. The van der Waals surface area contributed by atoms with E-state index in [-0.39, 0.29) is 12.2 Å². The average Bonchev–Trinajstić information content (AvgIpc) is 2.97. The summed E-state index contributed by atoms with van der Waals surface area (Å²) in [6.45, 7) is 0. The molecule has 0 fully saturated rings. The molecule has 0 saturated carbocycles. The molecule has 5 heteroatoms. The summed E-state index contributed by atoms with van der Waals surface area (Å²) >= 11 is 1.47. The molecule has 2 heterocycles. The molecule has 0 aliphatic carbocycles. The maximum atomic E-state index is 12.1. The second-order valence-electron chi connectivity index (χ2n) is 4.57. The number of carbonyl (C=O) groups is 1. The maximum absolute atomic E-state index is 12.1. The molecule has 0 atom stereocenters. The van der Waals surface area contributed by atoms with Crippen LogP contribution in [-0.4, -0.2) is 15.8 Å². The van der Waals surface area contributed by atoms with E-state index in [4.69, 9.17) is 5.73 Å². The zero-order valence-corrected chi connectivity index (χ0v) is 12.0. The van der Waals surface area contributed by atoms with Crippen LogP contribution in [0, 0.1) is 0 Å². The van der Waals surface area contributed by atoms with Crippen molar-refractivity contribution >= 4 is 22.8 Å². The minimum absolute atomic E-state index is 0.0240. The number of hydrogen-bond acceptors (Lipinski definition) is 5. The molecule has 1 aromatic carbocycles. The summed E-state index contributed by atoms with van der Waals surface area (Å²) in [7, 11) is 0. The number of aromatic nitrogens is 2. The van der Waals surface area contributed by atoms with Crippen LogP contribution >= 0.6 is 11.3 Å². The number of rotatable bonds is 4. The van der Waals surface area contributed by atoms with E-state index in [0.717, 1.165) is 16.3 Å². The number of carbonyl (C=O) groups excluding carboxylic acids is 1. The number of Topliss-reactive ketones (excluding diaryl/α,β-unsaturated/α-hetero) is 1. The number of thiazole rings is 1. The lowest BCUT2D eigenvalue weighted by Gasteiger charge is -1.98. The molecule has 3 aromatic rings. The fourth-order valence-corrected chi connectivity index (χ4v) is 2.78. The number of benzene rings is 1. The Morgan fingerprint density at radius 2 is 2.10 bits per heavy atom. The number of pyridine rings is 1. The maximum Gasteiger partial charge on any atom is 0.187 e. The fourth-order valence-electron chi connectivity index (χ4n) is 1.98. The van der Waals surface area contributed by atoms with Crippen molar-refractivity contribution in [2.75, 3.05) is 5.73 Å². The number of nitrogens with zero attached hydrogens (tertiary/aromatic N) is 2. The van der Waals surface area contributed by atoms with Crippen LogP contribution in [0.1, 0.15) is 15.5 Å². The summed E-state index contributed by atoms with van der Waals surface area (Å²) in [6.07, 6.45) is 1.89. The molecule has 0 bridgehead atoms. The molecule has 4 nitrogen and oxygen atoms in total. The molecule has 0 spiro atoms. The van der Waals surface area contributed by atoms with Crippen LogP contribution in [-0.2, 0) is 6.42 Å². The Balaban J connectivity index is 1.78. The summed E-state index contributed by atoms with van der Waals surface area (Å²) in [5, 5.41) is 2.72. The van der Waals surface area contributed by atoms with Crippen molar-refractivity contribution in [2.45, 2.75) is 6.42 Å². The molecule has 104 valence electrons. The van der Waals surface area contributed by atoms with Gasteiger partial charge < -0.3 is 5.73 Å². The Morgan fingerprint density at radius 1 is 1.19 bits per heavy atom. The average molecular weight is 295 g/mol. The molecule has 0 aliphatic heterocycles. The molecular formula is C16H13N3OS. The second-order valence-corrected chi connectivity index (χ2v) is 5.51. The van der Waals surface area contributed by atoms with Gasteiger partial charge in [0.25, 0.3) is 0 Å². The van der Waals surface area contributed by atoms with Gasteiger partial charge in [0.15, 0.2) is 5.78 Å². The van der Waals surface area contributed by atoms with Crippen LogP contribution in [0.2, 0.25) is 0 Å². The van der Waals surface area contributed by atoms with E-state index in [9.17, 15) is 4.79 Å². The third kappa shape index (κ3) is 3.14. The van der Waals surface area contributed by atoms with Gasteiger partial charge >= 0.3 is 0 Å². The largest absolute Gasteiger partial charge is 0.399 e. The van der Waals surface area contributed by atoms with Crippen molar-refractivity contribution in [3.8, 4) is 11.3 Å². The Morgan fingerprint density at radius 3 is 2.86 bits per heavy atom. The van der Waals surface area contributed by atoms with E-state index in [1.54, 1.807) is 24.4 Å². The summed E-state index contributed by atoms with van der Waals surface area (Å²) in [4.78, 5) is 20.7. The van der Waals surface area contributed by atoms with E-state index >= 15 is 0 Å². The zero-order valence-electron chi connectivity index (χ0n) is 11.2. The van der Waals surface area contributed by atoms with Gasteiger partial charge in [-0.15, -0.1) is 11.3 Å². The van der Waals surface area contributed by atoms with Crippen molar-refractivity contribution in [1.29, 1.82) is 0 Å². The molecule has 21 heavy (non-hydrogen) atoms. The van der Waals surface area contributed by atoms with Crippen LogP contribution in [0.25, 0.3) is 11.3 Å². The first kappa shape index (κ1) is 13.5. The molecule has 0 amide bonds. The zero-order chi connectivity index (χ0) is 14.7. The minimum atomic E-state index is -0.0240. The fraction of sp³-hybridized carbons (Fsp3) is 0.0625. The lowest BCUT2D eigenvalue weighted by atomic mass is 10.1. The SMILES string of the molecule is Nc1cccc(-c2csc(CC(=O)c3ccccn3)n2)c1. The normalized spacial score (nSPS) is 10.5. The molecule has 2 aromatic heterocycles. The minimum Gasteiger partial charge on any atom is -0.399 e. The predicted molar refractivity (Wildman–Crippen MR) is 84.2 cm³/mol. The molecule has 3 rings (SSSR count). The van der Waals surface area contributed by atoms with Gasteiger partial charge in [0.2, 0.25) is 0 Å². The van der Waals surface area contributed by atoms with Crippen molar-refractivity contribution in [2.24, 2.45) is 0 Å². The van der Waals surface area contributed by atoms with Crippen molar-refractivity contribution < 1.29 is 4.79 Å². The number of nitrogens with two attached hydrogens (primary N) is 1. The van der Waals surface area contributed by atoms with Crippen LogP contribution in [0.15, 0.2) is 54.0 Å². The second kappa shape index (κ2) is 5.85. The van der Waals surface area contributed by atoms with Gasteiger partial charge in [-0.25, -0.2) is 4.98 Å². The van der Waals surface area contributed by atoms with E-state index in [1.807, 2.05) is 29.6 Å². The van der Waals surface area contributed by atoms with E-state index in [1.165, 1.54) is 11.3 Å². The topological polar surface area (TPSA) is 68.9 Å². The predicted octanol–water partition coefficient (Wildman–Crippen LogP) is 3.21. The van der Waals surface area contributed by atoms with Gasteiger partial charge in [-0.05, 0) is 24.3 Å². The monoisotopic (exact) mass is 295 g/mol. The third-order valence-corrected chi connectivity index (χ3v) is 3.85. The Bertz CT molecular complexity index is 768. The molecule has 0 unspecified atom stereocenters. The van der Waals surface area contributed by atoms with E-state index < -0.39 is 0 Å². The number of ketones is 1. The Hall–Kier alpha value is -2.53. The highest BCUT2D eigenvalue weighted by Crippen LogP contribution is 2.24. The summed E-state index contributed by atoms with van der Waals surface area (Å²) in [5.41, 5.74) is 8.75. The highest BCUT2D eigenvalue weighted by molar-refractivity contribution is 7.10. The van der Waals surface area contributed by atoms with Crippen LogP contribution in [0.4, 0.5) is 5.69 Å². The van der Waals surface area contributed by atoms with Crippen molar-refractivity contribution in [1.82, 2.24) is 9.97 Å². The Labute approximate surface area is 126 Å². The summed E-state index contributed by atoms with van der Waals surface area (Å²) in [5.74, 6) is -0.0240. The highest BCUT2D eigenvalue weighted by atomic mass is 32.1. The van der Waals surface area contributed by atoms with Gasteiger partial charge in [-0.2, -0.15) is 0 Å². The first-order chi connectivity index (χ1) is 10.2. The van der Waals surface area contributed by atoms with Crippen molar-refractivity contribution in [3.05, 3.63) is 64.7 Å². The molecule has 2 N–H and O–H groups in total. The van der Waals surface area contributed by atoms with Gasteiger partial charge in [0.05, 0.1) is 12.1 Å². The van der Waals surface area contributed by atoms with Crippen LogP contribution in [0.5, 0.6) is 0 Å². The Kier molecular flexibility index (Phi) is 3.75. The lowest BCUT2D eigenvalue weighted by molar-refractivity contribution is 0.0988. The highest BCUT2D eigenvalue weighted by Gasteiger charge is 2.12. The smallest absolute Gasteiger partial charge is 0.187 e. The third-order valence-electron chi connectivity index (χ3n) is 3.00. The van der Waals surface area contributed by atoms with Gasteiger partial charge in [-0.1, -0.05) is 18.2 Å². The number of hydrogen-bond donors (Lipinski definition) is 1. The lowest BCUT2D eigenvalue weighted by Crippen LogP contribution is -2.05. The van der Waals surface area contributed by atoms with E-state index in [2.05, 4.69) is 9.97 Å². The van der Waals surface area contributed by atoms with Gasteiger partial charge in [0.1, 0.15) is 10.7 Å². The van der Waals surface area contributed by atoms with Gasteiger partial charge in [-0.3, -0.25) is 9.78 Å². The van der Waals surface area contributed by atoms with Crippen LogP contribution in [0.3, 0.4) is 0 Å². The summed E-state index contributed by atoms with van der Waals surface area (Å²) in [6, 6.07) is 12.9. The molecular weight excluding hydrogens is 282 g/mol. The number of nitrogen functional groups attached to an aromatic ring is 1. The van der Waals surface area contributed by atoms with Crippen LogP contribution < -0.4 is 5.73 Å². The quantitative estimate of drug-likeness (QED) is 0.592. The first-order valence-corrected chi connectivity index (χ1v) is 7.35. The molecule has 0 radical (unpaired) electrons. The van der Waals surface area contributed by atoms with Crippen molar-refractivity contribution in [3.63, 3.8) is 0 Å². The molecule has 0 saturated heterocycles. The molecule has 0 aliphatic rings. The number of anilines is 1. The van der Waals surface area contributed by atoms with E-state index in [0.29, 0.717) is 11.4 Å². The summed E-state index contributed by atoms with van der Waals surface area (Å²) < 4.78 is 0. The van der Waals surface area contributed by atoms with Gasteiger partial charge in [0, 0.05) is 22.8 Å². The first-order valence-electron chi connectivity index (χ1n) is 6.47.